The Kier molecular flexibility index (Phi) is 5.25. The highest BCUT2D eigenvalue weighted by molar-refractivity contribution is 14.1. The zero-order valence-corrected chi connectivity index (χ0v) is 6.60. The van der Waals surface area contributed by atoms with Gasteiger partial charge in [0.2, 0.25) is 0 Å². The Morgan fingerprint density at radius 2 is 2.43 bits per heavy atom. The van der Waals surface area contributed by atoms with Crippen LogP contribution in [0.5, 0.6) is 0 Å². The Hall–Kier alpha value is 0.650. The number of rotatable bonds is 3. The van der Waals surface area contributed by atoms with Crippen LogP contribution in [0.2, 0.25) is 0 Å². The van der Waals surface area contributed by atoms with Crippen molar-refractivity contribution >= 4 is 22.6 Å². The largest absolute Gasteiger partial charge is 0.328 e. The van der Waals surface area contributed by atoms with Crippen LogP contribution in [-0.4, -0.2) is 17.1 Å². The van der Waals surface area contributed by atoms with Crippen molar-refractivity contribution in [2.45, 2.75) is 11.0 Å². The van der Waals surface area contributed by atoms with Crippen molar-refractivity contribution in [3.05, 3.63) is 0 Å². The molecule has 0 aromatic carbocycles. The van der Waals surface area contributed by atoms with Gasteiger partial charge in [-0.1, -0.05) is 29.5 Å². The van der Waals surface area contributed by atoms with E-state index in [4.69, 9.17) is 5.73 Å². The van der Waals surface area contributed by atoms with E-state index >= 15 is 0 Å². The summed E-state index contributed by atoms with van der Waals surface area (Å²) in [6.45, 7) is 3.79. The molecule has 0 amide bonds. The van der Waals surface area contributed by atoms with Crippen LogP contribution in [0.25, 0.3) is 0 Å². The maximum Gasteiger partial charge on any atom is 0.0717 e. The molecule has 0 heterocycles. The molecule has 0 aliphatic heterocycles. The summed E-state index contributed by atoms with van der Waals surface area (Å²) >= 11 is 2.27. The molecule has 0 aliphatic carbocycles. The highest BCUT2D eigenvalue weighted by Crippen LogP contribution is 1.89. The summed E-state index contributed by atoms with van der Waals surface area (Å²) < 4.78 is 0.447. The van der Waals surface area contributed by atoms with Gasteiger partial charge in [0.25, 0.3) is 0 Å². The molecule has 0 radical (unpaired) electrons. The molecule has 0 bridgehead atoms. The maximum atomic E-state index is 5.29. The molecule has 0 rings (SSSR count). The number of halogens is 1. The topological polar surface area (TPSA) is 38.0 Å². The number of hydrogen-bond acceptors (Lipinski definition) is 2. The van der Waals surface area contributed by atoms with E-state index in [2.05, 4.69) is 34.8 Å². The summed E-state index contributed by atoms with van der Waals surface area (Å²) in [5, 5.41) is 3.16. The van der Waals surface area contributed by atoms with Gasteiger partial charge in [-0.25, -0.2) is 0 Å². The molecule has 0 saturated carbocycles. The molecule has 0 aromatic heterocycles. The van der Waals surface area contributed by atoms with Crippen LogP contribution >= 0.6 is 22.6 Å². The van der Waals surface area contributed by atoms with Gasteiger partial charge in [-0.2, -0.15) is 0 Å². The Balaban J connectivity index is 2.83. The molecule has 7 heavy (non-hydrogen) atoms. The zero-order valence-electron chi connectivity index (χ0n) is 4.45. The molecular formula is C4H11IN2. The Bertz CT molecular complexity index is 40.7. The number of nitrogens with two attached hydrogens (primary N) is 1. The van der Waals surface area contributed by atoms with Crippen LogP contribution in [0.15, 0.2) is 0 Å². The normalized spacial score (nSPS) is 14.1. The third-order valence-corrected chi connectivity index (χ3v) is 1.58. The lowest BCUT2D eigenvalue weighted by Gasteiger charge is -2.04. The van der Waals surface area contributed by atoms with Crippen LogP contribution in [0.1, 0.15) is 6.92 Å². The van der Waals surface area contributed by atoms with Crippen LogP contribution in [0, 0.1) is 0 Å². The van der Waals surface area contributed by atoms with Crippen LogP contribution < -0.4 is 11.1 Å². The van der Waals surface area contributed by atoms with E-state index in [-0.39, 0.29) is 0 Å². The minimum atomic E-state index is 0.447. The van der Waals surface area contributed by atoms with E-state index in [9.17, 15) is 0 Å². The first kappa shape index (κ1) is 7.65. The number of hydrogen-bond donors (Lipinski definition) is 2. The van der Waals surface area contributed by atoms with Gasteiger partial charge in [0.1, 0.15) is 0 Å². The average molecular weight is 214 g/mol. The van der Waals surface area contributed by atoms with Crippen molar-refractivity contribution < 1.29 is 0 Å². The second-order valence-corrected chi connectivity index (χ2v) is 2.76. The lowest BCUT2D eigenvalue weighted by molar-refractivity contribution is 0.702. The fourth-order valence-corrected chi connectivity index (χ4v) is 0.745. The van der Waals surface area contributed by atoms with Gasteiger partial charge >= 0.3 is 0 Å². The third-order valence-electron chi connectivity index (χ3n) is 0.633. The van der Waals surface area contributed by atoms with Crippen LogP contribution in [0.3, 0.4) is 0 Å². The zero-order chi connectivity index (χ0) is 5.70. The summed E-state index contributed by atoms with van der Waals surface area (Å²) in [6.07, 6.45) is 0. The van der Waals surface area contributed by atoms with E-state index in [1.165, 1.54) is 0 Å². The molecule has 44 valence electrons. The first-order valence-corrected chi connectivity index (χ1v) is 3.63. The van der Waals surface area contributed by atoms with E-state index in [1.54, 1.807) is 0 Å². The molecule has 2 nitrogen and oxygen atoms in total. The molecule has 0 fully saturated rings. The quantitative estimate of drug-likeness (QED) is 0.403. The summed E-state index contributed by atoms with van der Waals surface area (Å²) in [6, 6.07) is 0. The van der Waals surface area contributed by atoms with Gasteiger partial charge in [-0.3, -0.25) is 0 Å². The van der Waals surface area contributed by atoms with Gasteiger partial charge in [-0.15, -0.1) is 0 Å². The molecule has 0 saturated heterocycles. The smallest absolute Gasteiger partial charge is 0.0717 e. The Morgan fingerprint density at radius 3 is 2.57 bits per heavy atom. The van der Waals surface area contributed by atoms with Gasteiger partial charge in [-0.05, 0) is 6.54 Å². The number of nitrogens with one attached hydrogen (secondary N) is 1. The molecule has 0 aromatic rings. The fourth-order valence-electron chi connectivity index (χ4n) is 0.305. The number of likely N-dealkylation sites (N-methyl/N-ethyl adjacent to an activating group) is 1. The molecule has 3 heteroatoms. The fraction of sp³-hybridized carbons (Fsp3) is 1.00. The van der Waals surface area contributed by atoms with Crippen molar-refractivity contribution in [2.24, 2.45) is 5.73 Å². The van der Waals surface area contributed by atoms with Crippen molar-refractivity contribution in [3.63, 3.8) is 0 Å². The second kappa shape index (κ2) is 4.80. The predicted octanol–water partition coefficient (Wildman–Crippen LogP) is 0.316. The summed E-state index contributed by atoms with van der Waals surface area (Å²) in [7, 11) is 0. The second-order valence-electron chi connectivity index (χ2n) is 1.26. The molecule has 1 atom stereocenters. The lowest BCUT2D eigenvalue weighted by atomic mass is 10.6. The highest BCUT2D eigenvalue weighted by Gasteiger charge is 1.92. The predicted molar refractivity (Wildman–Crippen MR) is 40.5 cm³/mol. The van der Waals surface area contributed by atoms with E-state index < -0.39 is 0 Å². The molecule has 0 aliphatic rings. The van der Waals surface area contributed by atoms with E-state index in [0.717, 1.165) is 6.54 Å². The van der Waals surface area contributed by atoms with Gasteiger partial charge in [0.05, 0.1) is 4.05 Å². The standard InChI is InChI=1S/C4H11IN2/c1-2-7-4(5)3-6/h4,7H,2-3,6H2,1H3. The minimum absolute atomic E-state index is 0.447. The van der Waals surface area contributed by atoms with E-state index in [1.807, 2.05) is 0 Å². The van der Waals surface area contributed by atoms with Crippen molar-refractivity contribution in [2.75, 3.05) is 13.1 Å². The Labute approximate surface area is 58.0 Å². The van der Waals surface area contributed by atoms with Crippen molar-refractivity contribution in [1.29, 1.82) is 0 Å². The lowest BCUT2D eigenvalue weighted by Crippen LogP contribution is -2.29. The molecule has 1 unspecified atom stereocenters. The minimum Gasteiger partial charge on any atom is -0.328 e. The summed E-state index contributed by atoms with van der Waals surface area (Å²) in [5.41, 5.74) is 5.29. The molecular weight excluding hydrogens is 203 g/mol. The van der Waals surface area contributed by atoms with Crippen LogP contribution in [0.4, 0.5) is 0 Å². The van der Waals surface area contributed by atoms with E-state index in [0.29, 0.717) is 10.6 Å². The molecule has 0 spiro atoms. The average Bonchev–Trinajstić information content (AvgIpc) is 1.68. The SMILES string of the molecule is CCNC(I)CN. The van der Waals surface area contributed by atoms with Gasteiger partial charge < -0.3 is 11.1 Å². The first-order valence-electron chi connectivity index (χ1n) is 2.38. The molecule has 3 N–H and O–H groups in total. The first-order chi connectivity index (χ1) is 3.31. The maximum absolute atomic E-state index is 5.29. The summed E-state index contributed by atoms with van der Waals surface area (Å²) in [5.74, 6) is 0. The van der Waals surface area contributed by atoms with Crippen molar-refractivity contribution in [3.8, 4) is 0 Å². The van der Waals surface area contributed by atoms with Gasteiger partial charge in [0.15, 0.2) is 0 Å². The monoisotopic (exact) mass is 214 g/mol. The van der Waals surface area contributed by atoms with Crippen molar-refractivity contribution in [1.82, 2.24) is 5.32 Å². The summed E-state index contributed by atoms with van der Waals surface area (Å²) in [4.78, 5) is 0. The Morgan fingerprint density at radius 1 is 1.86 bits per heavy atom. The number of alkyl halides is 1. The highest BCUT2D eigenvalue weighted by atomic mass is 127. The van der Waals surface area contributed by atoms with Crippen LogP contribution in [-0.2, 0) is 0 Å². The third kappa shape index (κ3) is 4.50. The van der Waals surface area contributed by atoms with Gasteiger partial charge in [0, 0.05) is 6.54 Å².